The summed E-state index contributed by atoms with van der Waals surface area (Å²) in [4.78, 5) is 14.1. The Kier molecular flexibility index (Phi) is 5.64. The van der Waals surface area contributed by atoms with Crippen LogP contribution in [0.3, 0.4) is 0 Å². The molecule has 0 aromatic carbocycles. The molecule has 110 valence electrons. The lowest BCUT2D eigenvalue weighted by molar-refractivity contribution is -0.145. The number of fused-ring (bicyclic) bond motifs is 1. The first-order valence-corrected chi connectivity index (χ1v) is 7.88. The van der Waals surface area contributed by atoms with Crippen molar-refractivity contribution in [2.24, 2.45) is 11.7 Å². The van der Waals surface area contributed by atoms with E-state index in [1.54, 1.807) is 0 Å². The fourth-order valence-electron chi connectivity index (χ4n) is 3.68. The van der Waals surface area contributed by atoms with Gasteiger partial charge in [-0.15, -0.1) is 0 Å². The van der Waals surface area contributed by atoms with Gasteiger partial charge in [0.1, 0.15) is 6.04 Å². The Morgan fingerprint density at radius 3 is 2.84 bits per heavy atom. The van der Waals surface area contributed by atoms with Gasteiger partial charge in [-0.25, -0.2) is 0 Å². The second-order valence-corrected chi connectivity index (χ2v) is 5.94. The Balaban J connectivity index is 1.79. The Morgan fingerprint density at radius 1 is 1.32 bits per heavy atom. The summed E-state index contributed by atoms with van der Waals surface area (Å²) in [6, 6.07) is 0.292. The van der Waals surface area contributed by atoms with Crippen molar-refractivity contribution in [2.75, 3.05) is 19.7 Å². The van der Waals surface area contributed by atoms with Gasteiger partial charge in [0.2, 0.25) is 0 Å². The van der Waals surface area contributed by atoms with Gasteiger partial charge < -0.3 is 15.4 Å². The quantitative estimate of drug-likeness (QED) is 0.774. The highest BCUT2D eigenvalue weighted by Crippen LogP contribution is 2.35. The molecule has 0 spiro atoms. The first kappa shape index (κ1) is 14.8. The first-order valence-electron chi connectivity index (χ1n) is 7.88. The molecule has 3 atom stereocenters. The molecule has 2 N–H and O–H groups in total. The van der Waals surface area contributed by atoms with Crippen LogP contribution in [0.5, 0.6) is 0 Å². The highest BCUT2D eigenvalue weighted by atomic mass is 16.5. The molecular weight excluding hydrogens is 240 g/mol. The van der Waals surface area contributed by atoms with Crippen molar-refractivity contribution in [1.29, 1.82) is 0 Å². The third kappa shape index (κ3) is 3.93. The van der Waals surface area contributed by atoms with Gasteiger partial charge in [0.25, 0.3) is 0 Å². The second-order valence-electron chi connectivity index (χ2n) is 5.94. The van der Waals surface area contributed by atoms with Crippen LogP contribution in [0.1, 0.15) is 51.9 Å². The molecule has 3 unspecified atom stereocenters. The van der Waals surface area contributed by atoms with Crippen molar-refractivity contribution in [3.8, 4) is 0 Å². The molecule has 1 saturated heterocycles. The van der Waals surface area contributed by atoms with Crippen LogP contribution in [-0.2, 0) is 9.53 Å². The molecule has 0 amide bonds. The summed E-state index contributed by atoms with van der Waals surface area (Å²) in [5.41, 5.74) is 5.89. The van der Waals surface area contributed by atoms with Crippen molar-refractivity contribution >= 4 is 5.97 Å². The van der Waals surface area contributed by atoms with Crippen LogP contribution >= 0.6 is 0 Å². The van der Waals surface area contributed by atoms with Gasteiger partial charge in [0.05, 0.1) is 6.61 Å². The summed E-state index contributed by atoms with van der Waals surface area (Å²) >= 11 is 0. The molecule has 0 radical (unpaired) electrons. The number of hydrogen-bond donors (Lipinski definition) is 1. The van der Waals surface area contributed by atoms with Gasteiger partial charge in [-0.1, -0.05) is 12.8 Å². The molecule has 4 heteroatoms. The van der Waals surface area contributed by atoms with Crippen molar-refractivity contribution in [2.45, 2.75) is 64.0 Å². The van der Waals surface area contributed by atoms with Crippen LogP contribution in [0.2, 0.25) is 0 Å². The number of carbonyl (C=O) groups excluding carboxylic acids is 1. The maximum absolute atomic E-state index is 11.5. The average Bonchev–Trinajstić information content (AvgIpc) is 2.45. The Labute approximate surface area is 116 Å². The molecule has 1 saturated carbocycles. The number of likely N-dealkylation sites (tertiary alicyclic amines) is 1. The number of rotatable bonds is 5. The van der Waals surface area contributed by atoms with Gasteiger partial charge in [-0.3, -0.25) is 4.79 Å². The van der Waals surface area contributed by atoms with E-state index in [1.165, 1.54) is 45.1 Å². The van der Waals surface area contributed by atoms with Crippen LogP contribution < -0.4 is 5.73 Å². The number of ether oxygens (including phenoxy) is 1. The fourth-order valence-corrected chi connectivity index (χ4v) is 3.68. The topological polar surface area (TPSA) is 55.6 Å². The van der Waals surface area contributed by atoms with Gasteiger partial charge in [0, 0.05) is 12.6 Å². The van der Waals surface area contributed by atoms with Crippen molar-refractivity contribution in [3.63, 3.8) is 0 Å². The maximum Gasteiger partial charge on any atom is 0.322 e. The molecule has 0 bridgehead atoms. The summed E-state index contributed by atoms with van der Waals surface area (Å²) in [6.07, 6.45) is 8.91. The van der Waals surface area contributed by atoms with Crippen molar-refractivity contribution in [3.05, 3.63) is 0 Å². The lowest BCUT2D eigenvalue weighted by atomic mass is 9.78. The lowest BCUT2D eigenvalue weighted by Crippen LogP contribution is -2.48. The van der Waals surface area contributed by atoms with Crippen LogP contribution in [0.4, 0.5) is 0 Å². The Morgan fingerprint density at radius 2 is 2.05 bits per heavy atom. The number of hydrogen-bond acceptors (Lipinski definition) is 4. The van der Waals surface area contributed by atoms with Crippen molar-refractivity contribution in [1.82, 2.24) is 4.90 Å². The summed E-state index contributed by atoms with van der Waals surface area (Å²) in [5, 5.41) is 0. The maximum atomic E-state index is 11.5. The zero-order chi connectivity index (χ0) is 13.7. The number of carbonyl (C=O) groups is 1. The third-order valence-electron chi connectivity index (χ3n) is 4.67. The second kappa shape index (κ2) is 7.25. The number of nitrogens with zero attached hydrogens (tertiary/aromatic N) is 1. The first-order chi connectivity index (χ1) is 9.22. The molecule has 2 fully saturated rings. The highest BCUT2D eigenvalue weighted by Gasteiger charge is 2.33. The van der Waals surface area contributed by atoms with E-state index >= 15 is 0 Å². The van der Waals surface area contributed by atoms with Crippen LogP contribution in [0.25, 0.3) is 0 Å². The molecule has 1 aliphatic heterocycles. The van der Waals surface area contributed by atoms with Gasteiger partial charge in [0.15, 0.2) is 0 Å². The van der Waals surface area contributed by atoms with Crippen LogP contribution in [0, 0.1) is 5.92 Å². The van der Waals surface area contributed by atoms with E-state index in [9.17, 15) is 4.79 Å². The number of nitrogens with two attached hydrogens (primary N) is 1. The predicted octanol–water partition coefficient (Wildman–Crippen LogP) is 1.92. The van der Waals surface area contributed by atoms with E-state index in [1.807, 2.05) is 6.92 Å². The molecule has 1 aliphatic carbocycles. The van der Waals surface area contributed by atoms with Crippen LogP contribution in [0.15, 0.2) is 0 Å². The standard InChI is InChI=1S/C15H28N2O2/c1-2-19-15(18)13(16)9-11-17-10-5-7-12-6-3-4-8-14(12)17/h12-14H,2-11,16H2,1H3. The third-order valence-corrected chi connectivity index (χ3v) is 4.67. The van der Waals surface area contributed by atoms with Crippen LogP contribution in [-0.4, -0.2) is 42.6 Å². The minimum absolute atomic E-state index is 0.250. The van der Waals surface area contributed by atoms with E-state index in [2.05, 4.69) is 4.90 Å². The van der Waals surface area contributed by atoms with Gasteiger partial charge >= 0.3 is 5.97 Å². The van der Waals surface area contributed by atoms with E-state index < -0.39 is 6.04 Å². The molecule has 2 aliphatic rings. The minimum atomic E-state index is -0.455. The largest absolute Gasteiger partial charge is 0.465 e. The summed E-state index contributed by atoms with van der Waals surface area (Å²) in [7, 11) is 0. The molecule has 2 rings (SSSR count). The normalized spacial score (nSPS) is 29.6. The van der Waals surface area contributed by atoms with E-state index in [-0.39, 0.29) is 5.97 Å². The molecule has 19 heavy (non-hydrogen) atoms. The van der Waals surface area contributed by atoms with E-state index in [0.29, 0.717) is 6.61 Å². The average molecular weight is 268 g/mol. The zero-order valence-corrected chi connectivity index (χ0v) is 12.1. The molecule has 1 heterocycles. The Bertz CT molecular complexity index is 294. The highest BCUT2D eigenvalue weighted by molar-refractivity contribution is 5.75. The van der Waals surface area contributed by atoms with E-state index in [0.717, 1.165) is 24.9 Å². The fraction of sp³-hybridized carbons (Fsp3) is 0.933. The summed E-state index contributed by atoms with van der Waals surface area (Å²) in [5.74, 6) is 0.640. The van der Waals surface area contributed by atoms with E-state index in [4.69, 9.17) is 10.5 Å². The monoisotopic (exact) mass is 268 g/mol. The summed E-state index contributed by atoms with van der Waals surface area (Å²) < 4.78 is 4.97. The molecule has 0 aromatic heterocycles. The van der Waals surface area contributed by atoms with Gasteiger partial charge in [-0.05, 0) is 51.5 Å². The zero-order valence-electron chi connectivity index (χ0n) is 12.1. The number of piperidine rings is 1. The predicted molar refractivity (Wildman–Crippen MR) is 75.8 cm³/mol. The SMILES string of the molecule is CCOC(=O)C(N)CCN1CCCC2CCCCC21. The smallest absolute Gasteiger partial charge is 0.322 e. The molecule has 4 nitrogen and oxygen atoms in total. The lowest BCUT2D eigenvalue weighted by Gasteiger charge is -2.44. The van der Waals surface area contributed by atoms with Crippen molar-refractivity contribution < 1.29 is 9.53 Å². The summed E-state index contributed by atoms with van der Waals surface area (Å²) in [6.45, 7) is 4.36. The van der Waals surface area contributed by atoms with Gasteiger partial charge in [-0.2, -0.15) is 0 Å². The Hall–Kier alpha value is -0.610. The minimum Gasteiger partial charge on any atom is -0.465 e. The molecule has 0 aromatic rings. The molecular formula is C15H28N2O2. The number of esters is 1.